The molecule has 0 aliphatic carbocycles. The first kappa shape index (κ1) is 22.3. The first-order valence-electron chi connectivity index (χ1n) is 9.40. The van der Waals surface area contributed by atoms with Gasteiger partial charge in [0.25, 0.3) is 0 Å². The highest BCUT2D eigenvalue weighted by Crippen LogP contribution is 2.52. The quantitative estimate of drug-likeness (QED) is 0.286. The van der Waals surface area contributed by atoms with Crippen LogP contribution in [-0.4, -0.2) is 32.9 Å². The molecule has 3 unspecified atom stereocenters. The van der Waals surface area contributed by atoms with Crippen molar-refractivity contribution in [2.45, 2.75) is 115 Å². The smallest absolute Gasteiger partial charge is 0.0780 e. The average Bonchev–Trinajstić information content (AvgIpc) is 2.48. The molecule has 0 aromatic carbocycles. The van der Waals surface area contributed by atoms with E-state index in [-0.39, 0.29) is 0 Å². The highest BCUT2D eigenvalue weighted by atomic mass is 31.1. The predicted molar refractivity (Wildman–Crippen MR) is 97.4 cm³/mol. The Hall–Kier alpha value is 0.310. The minimum atomic E-state index is -1.13. The van der Waals surface area contributed by atoms with Gasteiger partial charge in [-0.2, -0.15) is 0 Å². The van der Waals surface area contributed by atoms with Crippen molar-refractivity contribution in [1.82, 2.24) is 0 Å². The fourth-order valence-electron chi connectivity index (χ4n) is 2.77. The van der Waals surface area contributed by atoms with E-state index < -0.39 is 25.5 Å². The molecular weight excluding hydrogens is 295 g/mol. The van der Waals surface area contributed by atoms with Crippen LogP contribution in [0.15, 0.2) is 0 Å². The maximum absolute atomic E-state index is 10.5. The zero-order valence-electron chi connectivity index (χ0n) is 15.0. The van der Waals surface area contributed by atoms with Crippen LogP contribution in [-0.2, 0) is 0 Å². The van der Waals surface area contributed by atoms with E-state index in [0.717, 1.165) is 77.0 Å². The van der Waals surface area contributed by atoms with Gasteiger partial charge >= 0.3 is 0 Å². The number of aliphatic hydroxyl groups is 3. The van der Waals surface area contributed by atoms with Crippen molar-refractivity contribution in [3.8, 4) is 0 Å². The van der Waals surface area contributed by atoms with E-state index in [1.54, 1.807) is 0 Å². The Morgan fingerprint density at radius 1 is 0.545 bits per heavy atom. The van der Waals surface area contributed by atoms with Gasteiger partial charge < -0.3 is 15.3 Å². The molecule has 4 heteroatoms. The van der Waals surface area contributed by atoms with E-state index >= 15 is 0 Å². The number of unbranched alkanes of at least 4 members (excludes halogenated alkanes) is 6. The minimum absolute atomic E-state index is 0.519. The Bertz CT molecular complexity index is 200. The van der Waals surface area contributed by atoms with Crippen molar-refractivity contribution in [1.29, 1.82) is 0 Å². The van der Waals surface area contributed by atoms with Gasteiger partial charge in [-0.15, -0.1) is 0 Å². The van der Waals surface area contributed by atoms with Gasteiger partial charge in [-0.05, 0) is 27.2 Å². The monoisotopic (exact) mass is 334 g/mol. The van der Waals surface area contributed by atoms with Crippen LogP contribution in [0.1, 0.15) is 97.8 Å². The molecule has 134 valence electrons. The summed E-state index contributed by atoms with van der Waals surface area (Å²) in [6, 6.07) is 0. The van der Waals surface area contributed by atoms with E-state index in [2.05, 4.69) is 20.8 Å². The molecule has 0 fully saturated rings. The van der Waals surface area contributed by atoms with Gasteiger partial charge in [0.05, 0.1) is 17.5 Å². The van der Waals surface area contributed by atoms with Crippen molar-refractivity contribution >= 4 is 7.92 Å². The van der Waals surface area contributed by atoms with Gasteiger partial charge in [-0.1, -0.05) is 78.6 Å². The normalized spacial score (nSPS) is 17.2. The average molecular weight is 334 g/mol. The largest absolute Gasteiger partial charge is 0.388 e. The minimum Gasteiger partial charge on any atom is -0.388 e. The van der Waals surface area contributed by atoms with Gasteiger partial charge in [-0.3, -0.25) is 0 Å². The van der Waals surface area contributed by atoms with Crippen molar-refractivity contribution in [3.05, 3.63) is 0 Å². The van der Waals surface area contributed by atoms with E-state index in [0.29, 0.717) is 0 Å². The molecule has 0 aromatic heterocycles. The second kappa shape index (κ2) is 14.9. The van der Waals surface area contributed by atoms with Gasteiger partial charge in [0, 0.05) is 0 Å². The maximum Gasteiger partial charge on any atom is 0.0780 e. The summed E-state index contributed by atoms with van der Waals surface area (Å²) in [4.78, 5) is 0. The Morgan fingerprint density at radius 3 is 1.05 bits per heavy atom. The maximum atomic E-state index is 10.5. The third kappa shape index (κ3) is 10.2. The second-order valence-electron chi connectivity index (χ2n) is 6.38. The van der Waals surface area contributed by atoms with Crippen molar-refractivity contribution in [2.75, 3.05) is 0 Å². The molecule has 3 atom stereocenters. The summed E-state index contributed by atoms with van der Waals surface area (Å²) in [5.74, 6) is -1.56. The van der Waals surface area contributed by atoms with E-state index in [4.69, 9.17) is 0 Å². The topological polar surface area (TPSA) is 60.7 Å². The zero-order valence-corrected chi connectivity index (χ0v) is 15.9. The Labute approximate surface area is 139 Å². The fourth-order valence-corrected chi connectivity index (χ4v) is 5.41. The predicted octanol–water partition coefficient (Wildman–Crippen LogP) is 5.16. The van der Waals surface area contributed by atoms with Gasteiger partial charge in [0.1, 0.15) is 0 Å². The molecule has 0 spiro atoms. The summed E-state index contributed by atoms with van der Waals surface area (Å²) in [5.41, 5.74) is 0. The molecule has 0 rings (SSSR count). The molecule has 0 heterocycles. The lowest BCUT2D eigenvalue weighted by atomic mass is 10.2. The Kier molecular flexibility index (Phi) is 15.1. The molecule has 22 heavy (non-hydrogen) atoms. The molecule has 0 saturated heterocycles. The second-order valence-corrected chi connectivity index (χ2v) is 9.06. The molecule has 0 aromatic rings. The van der Waals surface area contributed by atoms with E-state index in [9.17, 15) is 15.3 Å². The molecule has 0 aliphatic heterocycles. The van der Waals surface area contributed by atoms with Crippen LogP contribution in [0.4, 0.5) is 0 Å². The van der Waals surface area contributed by atoms with Crippen LogP contribution in [0.3, 0.4) is 0 Å². The summed E-state index contributed by atoms with van der Waals surface area (Å²) < 4.78 is 0. The summed E-state index contributed by atoms with van der Waals surface area (Å²) >= 11 is 0. The third-order valence-electron chi connectivity index (χ3n) is 4.23. The summed E-state index contributed by atoms with van der Waals surface area (Å²) in [7, 11) is -1.13. The van der Waals surface area contributed by atoms with Crippen LogP contribution in [0.25, 0.3) is 0 Å². The summed E-state index contributed by atoms with van der Waals surface area (Å²) in [6.45, 7) is 6.44. The molecule has 3 nitrogen and oxygen atoms in total. The molecule has 0 bridgehead atoms. The molecule has 0 amide bonds. The Balaban J connectivity index is 4.50. The Morgan fingerprint density at radius 2 is 0.818 bits per heavy atom. The SMILES string of the molecule is CCCCCC(O)P(C(O)CCCCC)C(O)CCCCC. The lowest BCUT2D eigenvalue weighted by Crippen LogP contribution is -2.23. The van der Waals surface area contributed by atoms with Crippen LogP contribution in [0, 0.1) is 0 Å². The first-order chi connectivity index (χ1) is 10.6. The third-order valence-corrected chi connectivity index (χ3v) is 7.07. The molecule has 3 N–H and O–H groups in total. The highest BCUT2D eigenvalue weighted by molar-refractivity contribution is 7.59. The van der Waals surface area contributed by atoms with Crippen LogP contribution in [0.2, 0.25) is 0 Å². The van der Waals surface area contributed by atoms with Crippen molar-refractivity contribution in [2.24, 2.45) is 0 Å². The lowest BCUT2D eigenvalue weighted by Gasteiger charge is -2.32. The van der Waals surface area contributed by atoms with Gasteiger partial charge in [-0.25, -0.2) is 0 Å². The van der Waals surface area contributed by atoms with Gasteiger partial charge in [0.2, 0.25) is 0 Å². The van der Waals surface area contributed by atoms with Crippen molar-refractivity contribution in [3.63, 3.8) is 0 Å². The molecule has 0 radical (unpaired) electrons. The van der Waals surface area contributed by atoms with Crippen LogP contribution >= 0.6 is 7.92 Å². The highest BCUT2D eigenvalue weighted by Gasteiger charge is 2.31. The van der Waals surface area contributed by atoms with Crippen molar-refractivity contribution < 1.29 is 15.3 Å². The molecule has 0 saturated carbocycles. The lowest BCUT2D eigenvalue weighted by molar-refractivity contribution is 0.177. The number of hydrogen-bond acceptors (Lipinski definition) is 3. The fraction of sp³-hybridized carbons (Fsp3) is 1.00. The number of aliphatic hydroxyl groups excluding tert-OH is 3. The molecular formula is C18H39O3P. The number of hydrogen-bond donors (Lipinski definition) is 3. The zero-order chi connectivity index (χ0) is 16.8. The van der Waals surface area contributed by atoms with Gasteiger partial charge in [0.15, 0.2) is 0 Å². The molecule has 0 aliphatic rings. The first-order valence-corrected chi connectivity index (χ1v) is 10.9. The number of rotatable bonds is 15. The van der Waals surface area contributed by atoms with Crippen LogP contribution in [0.5, 0.6) is 0 Å². The summed E-state index contributed by atoms with van der Waals surface area (Å²) in [5, 5.41) is 31.5. The van der Waals surface area contributed by atoms with Crippen LogP contribution < -0.4 is 0 Å². The standard InChI is InChI=1S/C18H39O3P/c1-4-7-10-13-16(19)22(17(20)14-11-8-5-2)18(21)15-12-9-6-3/h16-21H,4-15H2,1-3H3. The van der Waals surface area contributed by atoms with E-state index in [1.807, 2.05) is 0 Å². The van der Waals surface area contributed by atoms with E-state index in [1.165, 1.54) is 0 Å². The summed E-state index contributed by atoms with van der Waals surface area (Å²) in [6.07, 6.45) is 11.8.